The smallest absolute Gasteiger partial charge is 0.0626 e. The van der Waals surface area contributed by atoms with E-state index in [9.17, 15) is 5.11 Å². The van der Waals surface area contributed by atoms with Crippen LogP contribution in [0.4, 0.5) is 0 Å². The van der Waals surface area contributed by atoms with Crippen LogP contribution in [0, 0.1) is 0 Å². The summed E-state index contributed by atoms with van der Waals surface area (Å²) in [5.41, 5.74) is -0.589. The molecule has 0 aliphatic heterocycles. The largest absolute Gasteiger partial charge is 0.390 e. The van der Waals surface area contributed by atoms with E-state index in [2.05, 4.69) is 18.7 Å². The molecular formula is C10H21NO. The lowest BCUT2D eigenvalue weighted by atomic mass is 10.1. The van der Waals surface area contributed by atoms with Crippen LogP contribution in [0.3, 0.4) is 0 Å². The fourth-order valence-electron chi connectivity index (χ4n) is 0.680. The molecule has 2 heteroatoms. The van der Waals surface area contributed by atoms with Gasteiger partial charge in [0.1, 0.15) is 0 Å². The van der Waals surface area contributed by atoms with Gasteiger partial charge in [-0.3, -0.25) is 0 Å². The fraction of sp³-hybridized carbons (Fsp3) is 0.800. The molecule has 0 aromatic carbocycles. The molecule has 0 aliphatic rings. The lowest BCUT2D eigenvalue weighted by Gasteiger charge is -2.19. The lowest BCUT2D eigenvalue weighted by molar-refractivity contribution is 0.0835. The van der Waals surface area contributed by atoms with Crippen molar-refractivity contribution in [2.45, 2.75) is 45.8 Å². The zero-order valence-corrected chi connectivity index (χ0v) is 8.83. The topological polar surface area (TPSA) is 23.5 Å². The van der Waals surface area contributed by atoms with E-state index in [1.807, 2.05) is 33.2 Å². The van der Waals surface area contributed by atoms with Gasteiger partial charge in [0.2, 0.25) is 0 Å². The van der Waals surface area contributed by atoms with Gasteiger partial charge in [0.15, 0.2) is 0 Å². The molecule has 0 heterocycles. The summed E-state index contributed by atoms with van der Waals surface area (Å²) < 4.78 is 0. The Morgan fingerprint density at radius 3 is 2.25 bits per heavy atom. The van der Waals surface area contributed by atoms with E-state index < -0.39 is 5.60 Å². The van der Waals surface area contributed by atoms with Crippen molar-refractivity contribution in [1.82, 2.24) is 4.90 Å². The van der Waals surface area contributed by atoms with E-state index in [4.69, 9.17) is 0 Å². The highest BCUT2D eigenvalue weighted by atomic mass is 16.3. The molecule has 0 bridgehead atoms. The Hall–Kier alpha value is -0.500. The first-order valence-electron chi connectivity index (χ1n) is 4.44. The Morgan fingerprint density at radius 2 is 1.92 bits per heavy atom. The third-order valence-electron chi connectivity index (χ3n) is 1.77. The van der Waals surface area contributed by atoms with E-state index in [1.54, 1.807) is 0 Å². The van der Waals surface area contributed by atoms with Crippen LogP contribution in [0.25, 0.3) is 0 Å². The van der Waals surface area contributed by atoms with Crippen molar-refractivity contribution in [2.24, 2.45) is 0 Å². The van der Waals surface area contributed by atoms with Gasteiger partial charge in [-0.15, -0.1) is 0 Å². The average Bonchev–Trinajstić information content (AvgIpc) is 1.84. The average molecular weight is 171 g/mol. The molecule has 0 saturated heterocycles. The molecule has 0 atom stereocenters. The first kappa shape index (κ1) is 11.5. The minimum Gasteiger partial charge on any atom is -0.390 e. The summed E-state index contributed by atoms with van der Waals surface area (Å²) in [6.45, 7) is 7.89. The Balaban J connectivity index is 3.77. The summed E-state index contributed by atoms with van der Waals surface area (Å²) >= 11 is 0. The number of aliphatic hydroxyl groups is 1. The Bertz CT molecular complexity index is 144. The highest BCUT2D eigenvalue weighted by Gasteiger charge is 2.08. The fourth-order valence-corrected chi connectivity index (χ4v) is 0.680. The van der Waals surface area contributed by atoms with Crippen LogP contribution in [-0.4, -0.2) is 28.7 Å². The maximum Gasteiger partial charge on any atom is 0.0626 e. The lowest BCUT2D eigenvalue weighted by Crippen LogP contribution is -2.21. The van der Waals surface area contributed by atoms with Gasteiger partial charge in [-0.05, 0) is 40.3 Å². The standard InChI is InChI=1S/C10H21NO/c1-9(2)11(5)8-6-7-10(3,4)12/h6,8-9,12H,7H2,1-5H3/b8-6+. The molecule has 0 radical (unpaired) electrons. The summed E-state index contributed by atoms with van der Waals surface area (Å²) in [6, 6.07) is 0.517. The predicted molar refractivity (Wildman–Crippen MR) is 53.0 cm³/mol. The van der Waals surface area contributed by atoms with Gasteiger partial charge in [0.05, 0.1) is 5.60 Å². The minimum atomic E-state index is -0.589. The molecule has 0 spiro atoms. The van der Waals surface area contributed by atoms with Crippen LogP contribution in [-0.2, 0) is 0 Å². The molecule has 72 valence electrons. The summed E-state index contributed by atoms with van der Waals surface area (Å²) in [5.74, 6) is 0. The van der Waals surface area contributed by atoms with Gasteiger partial charge < -0.3 is 10.0 Å². The zero-order valence-electron chi connectivity index (χ0n) is 8.83. The minimum absolute atomic E-state index is 0.517. The molecule has 0 aromatic rings. The van der Waals surface area contributed by atoms with Gasteiger partial charge in [-0.1, -0.05) is 6.08 Å². The van der Waals surface area contributed by atoms with Crippen LogP contribution < -0.4 is 0 Å². The van der Waals surface area contributed by atoms with Crippen molar-refractivity contribution in [3.8, 4) is 0 Å². The quantitative estimate of drug-likeness (QED) is 0.699. The number of nitrogens with zero attached hydrogens (tertiary/aromatic N) is 1. The molecule has 0 unspecified atom stereocenters. The van der Waals surface area contributed by atoms with E-state index in [0.717, 1.165) is 0 Å². The van der Waals surface area contributed by atoms with Gasteiger partial charge in [-0.2, -0.15) is 0 Å². The van der Waals surface area contributed by atoms with Gasteiger partial charge in [0.25, 0.3) is 0 Å². The second-order valence-electron chi connectivity index (χ2n) is 4.16. The molecule has 2 nitrogen and oxygen atoms in total. The molecular weight excluding hydrogens is 150 g/mol. The van der Waals surface area contributed by atoms with Crippen molar-refractivity contribution in [2.75, 3.05) is 7.05 Å². The van der Waals surface area contributed by atoms with Crippen molar-refractivity contribution >= 4 is 0 Å². The zero-order chi connectivity index (χ0) is 9.78. The number of rotatable bonds is 4. The Kier molecular flexibility index (Phi) is 4.32. The van der Waals surface area contributed by atoms with Crippen molar-refractivity contribution in [3.05, 3.63) is 12.3 Å². The molecule has 12 heavy (non-hydrogen) atoms. The van der Waals surface area contributed by atoms with Crippen LogP contribution >= 0.6 is 0 Å². The van der Waals surface area contributed by atoms with Crippen LogP contribution in [0.5, 0.6) is 0 Å². The van der Waals surface area contributed by atoms with Gasteiger partial charge in [0, 0.05) is 13.1 Å². The van der Waals surface area contributed by atoms with Gasteiger partial charge >= 0.3 is 0 Å². The van der Waals surface area contributed by atoms with Crippen molar-refractivity contribution in [1.29, 1.82) is 0 Å². The summed E-state index contributed by atoms with van der Waals surface area (Å²) in [4.78, 5) is 2.12. The molecule has 0 saturated carbocycles. The van der Waals surface area contributed by atoms with Gasteiger partial charge in [-0.25, -0.2) is 0 Å². The van der Waals surface area contributed by atoms with Crippen LogP contribution in [0.1, 0.15) is 34.1 Å². The van der Waals surface area contributed by atoms with Crippen LogP contribution in [0.2, 0.25) is 0 Å². The third kappa shape index (κ3) is 6.23. The second-order valence-corrected chi connectivity index (χ2v) is 4.16. The van der Waals surface area contributed by atoms with E-state index in [0.29, 0.717) is 12.5 Å². The number of hydrogen-bond acceptors (Lipinski definition) is 2. The maximum atomic E-state index is 9.40. The second kappa shape index (κ2) is 4.51. The molecule has 0 aliphatic carbocycles. The van der Waals surface area contributed by atoms with Crippen molar-refractivity contribution in [3.63, 3.8) is 0 Å². The Morgan fingerprint density at radius 1 is 1.42 bits per heavy atom. The Labute approximate surface area is 75.9 Å². The predicted octanol–water partition coefficient (Wildman–Crippen LogP) is 2.00. The van der Waals surface area contributed by atoms with E-state index in [-0.39, 0.29) is 0 Å². The molecule has 1 N–H and O–H groups in total. The monoisotopic (exact) mass is 171 g/mol. The summed E-state index contributed by atoms with van der Waals surface area (Å²) in [6.07, 6.45) is 4.71. The van der Waals surface area contributed by atoms with Crippen molar-refractivity contribution < 1.29 is 5.11 Å². The number of hydrogen-bond donors (Lipinski definition) is 1. The van der Waals surface area contributed by atoms with E-state index in [1.165, 1.54) is 0 Å². The first-order chi connectivity index (χ1) is 5.33. The highest BCUT2D eigenvalue weighted by Crippen LogP contribution is 2.08. The maximum absolute atomic E-state index is 9.40. The molecule has 0 amide bonds. The van der Waals surface area contributed by atoms with Crippen LogP contribution in [0.15, 0.2) is 12.3 Å². The molecule has 0 aromatic heterocycles. The molecule has 0 rings (SSSR count). The third-order valence-corrected chi connectivity index (χ3v) is 1.77. The normalized spacial score (nSPS) is 12.9. The SMILES string of the molecule is CC(C)N(C)/C=C/CC(C)(C)O. The van der Waals surface area contributed by atoms with E-state index >= 15 is 0 Å². The summed E-state index contributed by atoms with van der Waals surface area (Å²) in [5, 5.41) is 9.40. The highest BCUT2D eigenvalue weighted by molar-refractivity contribution is 4.87. The summed E-state index contributed by atoms with van der Waals surface area (Å²) in [7, 11) is 2.03. The molecule has 0 fully saturated rings. The first-order valence-corrected chi connectivity index (χ1v) is 4.44.